The molecule has 3 rings (SSSR count). The smallest absolute Gasteiger partial charge is 0.330 e. The Morgan fingerprint density at radius 2 is 2.08 bits per heavy atom. The first-order valence-corrected chi connectivity index (χ1v) is 9.98. The zero-order valence-electron chi connectivity index (χ0n) is 16.0. The third kappa shape index (κ3) is 3.06. The third-order valence-electron chi connectivity index (χ3n) is 5.36. The van der Waals surface area contributed by atoms with Gasteiger partial charge < -0.3 is 14.2 Å². The number of ether oxygens (including phenoxy) is 1. The van der Waals surface area contributed by atoms with Crippen LogP contribution in [0.15, 0.2) is 6.07 Å². The summed E-state index contributed by atoms with van der Waals surface area (Å²) in [5.74, 6) is -0.176. The van der Waals surface area contributed by atoms with Crippen molar-refractivity contribution in [3.8, 4) is 0 Å². The number of thioether (sulfide) groups is 1. The van der Waals surface area contributed by atoms with Gasteiger partial charge >= 0.3 is 5.97 Å². The number of ketones is 1. The predicted octanol–water partition coefficient (Wildman–Crippen LogP) is 2.87. The lowest BCUT2D eigenvalue weighted by atomic mass is 10.1. The van der Waals surface area contributed by atoms with Crippen LogP contribution < -0.4 is 0 Å². The average Bonchev–Trinajstić information content (AvgIpc) is 3.16. The second-order valence-corrected chi connectivity index (χ2v) is 9.05. The van der Waals surface area contributed by atoms with Crippen LogP contribution in [0.2, 0.25) is 0 Å². The van der Waals surface area contributed by atoms with Crippen molar-refractivity contribution in [1.29, 1.82) is 0 Å². The van der Waals surface area contributed by atoms with Gasteiger partial charge in [0.15, 0.2) is 6.61 Å². The minimum absolute atomic E-state index is 0.00810. The largest absolute Gasteiger partial charge is 0.456 e. The monoisotopic (exact) mass is 378 g/mol. The van der Waals surface area contributed by atoms with Crippen molar-refractivity contribution in [2.75, 3.05) is 12.4 Å². The van der Waals surface area contributed by atoms with Gasteiger partial charge in [-0.2, -0.15) is 0 Å². The molecule has 2 aliphatic heterocycles. The van der Waals surface area contributed by atoms with E-state index in [1.807, 2.05) is 26.8 Å². The summed E-state index contributed by atoms with van der Waals surface area (Å²) in [6, 6.07) is 1.52. The molecule has 0 spiro atoms. The fourth-order valence-corrected chi connectivity index (χ4v) is 5.58. The predicted molar refractivity (Wildman–Crippen MR) is 100 cm³/mol. The van der Waals surface area contributed by atoms with Crippen molar-refractivity contribution in [2.45, 2.75) is 64.4 Å². The van der Waals surface area contributed by atoms with E-state index in [-0.39, 0.29) is 29.2 Å². The van der Waals surface area contributed by atoms with Gasteiger partial charge in [-0.3, -0.25) is 9.59 Å². The van der Waals surface area contributed by atoms with E-state index in [9.17, 15) is 14.4 Å². The number of carbonyl (C=O) groups is 3. The molecule has 26 heavy (non-hydrogen) atoms. The van der Waals surface area contributed by atoms with Crippen LogP contribution in [0, 0.1) is 13.8 Å². The molecule has 1 aromatic rings. The molecule has 7 heteroatoms. The third-order valence-corrected chi connectivity index (χ3v) is 6.87. The highest BCUT2D eigenvalue weighted by molar-refractivity contribution is 8.01. The summed E-state index contributed by atoms with van der Waals surface area (Å²) >= 11 is 1.61. The second-order valence-electron chi connectivity index (χ2n) is 7.55. The van der Waals surface area contributed by atoms with Gasteiger partial charge in [0.25, 0.3) is 0 Å². The Hall–Kier alpha value is -1.76. The summed E-state index contributed by atoms with van der Waals surface area (Å²) in [7, 11) is 0. The molecule has 2 aliphatic rings. The Morgan fingerprint density at radius 1 is 1.38 bits per heavy atom. The van der Waals surface area contributed by atoms with Crippen LogP contribution in [0.5, 0.6) is 0 Å². The van der Waals surface area contributed by atoms with Gasteiger partial charge in [0.2, 0.25) is 11.7 Å². The number of aryl methyl sites for hydroxylation is 1. The van der Waals surface area contributed by atoms with Crippen LogP contribution >= 0.6 is 11.8 Å². The van der Waals surface area contributed by atoms with Crippen molar-refractivity contribution in [3.05, 3.63) is 23.0 Å². The first kappa shape index (κ1) is 19.0. The number of Topliss-reactive ketones (excluding diaryl/α,β-unsaturated/α-hetero) is 1. The molecule has 0 aromatic carbocycles. The van der Waals surface area contributed by atoms with Crippen LogP contribution in [0.1, 0.15) is 61.4 Å². The van der Waals surface area contributed by atoms with Gasteiger partial charge in [0.1, 0.15) is 6.04 Å². The van der Waals surface area contributed by atoms with E-state index in [1.54, 1.807) is 16.7 Å². The topological polar surface area (TPSA) is 68.6 Å². The molecule has 6 nitrogen and oxygen atoms in total. The average molecular weight is 378 g/mol. The van der Waals surface area contributed by atoms with Crippen molar-refractivity contribution >= 4 is 29.4 Å². The molecule has 0 aliphatic carbocycles. The van der Waals surface area contributed by atoms with E-state index >= 15 is 0 Å². The molecule has 0 radical (unpaired) electrons. The molecular formula is C19H26N2O4S. The fraction of sp³-hybridized carbons (Fsp3) is 0.632. The number of rotatable bonds is 5. The number of esters is 1. The first-order valence-electron chi connectivity index (χ1n) is 9.00. The quantitative estimate of drug-likeness (QED) is 0.582. The maximum atomic E-state index is 12.6. The van der Waals surface area contributed by atoms with E-state index in [2.05, 4.69) is 18.4 Å². The minimum Gasteiger partial charge on any atom is -0.456 e. The molecule has 0 N–H and O–H groups in total. The molecule has 1 aromatic heterocycles. The number of carbonyl (C=O) groups excluding carboxylic acids is 3. The van der Waals surface area contributed by atoms with Crippen LogP contribution in [0.3, 0.4) is 0 Å². The first-order chi connectivity index (χ1) is 12.2. The molecule has 3 heterocycles. The van der Waals surface area contributed by atoms with Gasteiger partial charge in [-0.25, -0.2) is 4.79 Å². The number of amides is 1. The molecule has 0 saturated carbocycles. The van der Waals surface area contributed by atoms with Gasteiger partial charge in [0, 0.05) is 35.2 Å². The molecule has 1 amide bonds. The molecule has 0 unspecified atom stereocenters. The minimum atomic E-state index is -0.587. The lowest BCUT2D eigenvalue weighted by Crippen LogP contribution is -2.46. The maximum Gasteiger partial charge on any atom is 0.330 e. The number of nitrogens with zero attached hydrogens (tertiary/aromatic N) is 2. The second kappa shape index (κ2) is 6.76. The molecule has 2 fully saturated rings. The zero-order chi connectivity index (χ0) is 19.2. The van der Waals surface area contributed by atoms with Crippen molar-refractivity contribution in [2.24, 2.45) is 0 Å². The van der Waals surface area contributed by atoms with Gasteiger partial charge in [-0.15, -0.1) is 11.8 Å². The Labute approximate surface area is 158 Å². The molecule has 0 bridgehead atoms. The lowest BCUT2D eigenvalue weighted by molar-refractivity contribution is -0.152. The van der Waals surface area contributed by atoms with Crippen molar-refractivity contribution < 1.29 is 19.1 Å². The van der Waals surface area contributed by atoms with E-state index in [0.717, 1.165) is 17.8 Å². The van der Waals surface area contributed by atoms with Crippen molar-refractivity contribution in [1.82, 2.24) is 9.47 Å². The highest BCUT2D eigenvalue weighted by Gasteiger charge is 2.53. The van der Waals surface area contributed by atoms with Crippen LogP contribution in [-0.2, 0) is 14.3 Å². The normalized spacial score (nSPS) is 25.1. The molecule has 142 valence electrons. The lowest BCUT2D eigenvalue weighted by Gasteiger charge is -2.29. The summed E-state index contributed by atoms with van der Waals surface area (Å²) < 4.78 is 7.40. The Bertz CT molecular complexity index is 770. The van der Waals surface area contributed by atoms with Crippen LogP contribution in [-0.4, -0.2) is 50.4 Å². The highest BCUT2D eigenvalue weighted by Crippen LogP contribution is 2.47. The summed E-state index contributed by atoms with van der Waals surface area (Å²) in [5, 5.41) is 0. The Morgan fingerprint density at radius 3 is 2.69 bits per heavy atom. The highest BCUT2D eigenvalue weighted by atomic mass is 32.2. The molecular weight excluding hydrogens is 352 g/mol. The number of fused-ring (bicyclic) bond motifs is 1. The van der Waals surface area contributed by atoms with Crippen LogP contribution in [0.4, 0.5) is 0 Å². The van der Waals surface area contributed by atoms with Gasteiger partial charge in [0.05, 0.1) is 4.87 Å². The van der Waals surface area contributed by atoms with E-state index in [1.165, 1.54) is 0 Å². The summed E-state index contributed by atoms with van der Waals surface area (Å²) in [6.45, 7) is 9.70. The molecule has 2 saturated heterocycles. The van der Waals surface area contributed by atoms with Gasteiger partial charge in [-0.05, 0) is 47.1 Å². The SMILES string of the molecule is Cc1cc(C(=O)COC(=O)[C@@H]2CS[C@]3(C)CCC(=O)N23)c(C)n1C(C)C. The van der Waals surface area contributed by atoms with Gasteiger partial charge in [-0.1, -0.05) is 0 Å². The Kier molecular flexibility index (Phi) is 4.94. The fourth-order valence-electron chi connectivity index (χ4n) is 4.16. The number of hydrogen-bond acceptors (Lipinski definition) is 5. The summed E-state index contributed by atoms with van der Waals surface area (Å²) in [6.07, 6.45) is 1.22. The number of aromatic nitrogens is 1. The van der Waals surface area contributed by atoms with E-state index in [4.69, 9.17) is 4.74 Å². The Balaban J connectivity index is 1.66. The molecule has 2 atom stereocenters. The zero-order valence-corrected chi connectivity index (χ0v) is 16.8. The van der Waals surface area contributed by atoms with Crippen molar-refractivity contribution in [3.63, 3.8) is 0 Å². The number of hydrogen-bond donors (Lipinski definition) is 0. The maximum absolute atomic E-state index is 12.6. The summed E-state index contributed by atoms with van der Waals surface area (Å²) in [5.41, 5.74) is 2.49. The van der Waals surface area contributed by atoms with E-state index < -0.39 is 12.0 Å². The standard InChI is InChI=1S/C19H26N2O4S/c1-11(2)20-12(3)8-14(13(20)4)16(22)9-25-18(24)15-10-26-19(5)7-6-17(23)21(15)19/h8,11,15H,6-7,9-10H2,1-5H3/t15-,19+/m0/s1. The van der Waals surface area contributed by atoms with Crippen LogP contribution in [0.25, 0.3) is 0 Å². The summed E-state index contributed by atoms with van der Waals surface area (Å²) in [4.78, 5) is 38.5. The van der Waals surface area contributed by atoms with E-state index in [0.29, 0.717) is 17.7 Å².